The Morgan fingerprint density at radius 2 is 2.20 bits per heavy atom. The third-order valence-corrected chi connectivity index (χ3v) is 4.28. The molecule has 3 heteroatoms. The average molecular weight is 231 g/mol. The summed E-state index contributed by atoms with van der Waals surface area (Å²) in [4.78, 5) is 0. The summed E-state index contributed by atoms with van der Waals surface area (Å²) in [6.45, 7) is 7.03. The molecule has 0 spiro atoms. The van der Waals surface area contributed by atoms with E-state index in [1.165, 1.54) is 24.3 Å². The Morgan fingerprint density at radius 3 is 2.67 bits per heavy atom. The van der Waals surface area contributed by atoms with E-state index in [4.69, 9.17) is 5.11 Å². The van der Waals surface area contributed by atoms with E-state index in [-0.39, 0.29) is 12.0 Å². The third-order valence-electron chi connectivity index (χ3n) is 3.06. The van der Waals surface area contributed by atoms with Crippen molar-refractivity contribution in [1.29, 1.82) is 0 Å². The van der Waals surface area contributed by atoms with E-state index < -0.39 is 0 Å². The van der Waals surface area contributed by atoms with E-state index in [9.17, 15) is 0 Å². The van der Waals surface area contributed by atoms with E-state index in [2.05, 4.69) is 26.1 Å². The number of hydrogen-bond donors (Lipinski definition) is 2. The molecule has 2 N–H and O–H groups in total. The molecule has 1 aliphatic heterocycles. The standard InChI is InChI=1S/C12H25NOS/c1-12(2,3)11(6-7-14)13-10-5-4-8-15-9-10/h10-11,13-14H,4-9H2,1-3H3. The van der Waals surface area contributed by atoms with Crippen molar-refractivity contribution in [3.63, 3.8) is 0 Å². The Hall–Kier alpha value is 0.270. The lowest BCUT2D eigenvalue weighted by Gasteiger charge is -2.36. The van der Waals surface area contributed by atoms with Crippen LogP contribution < -0.4 is 5.32 Å². The van der Waals surface area contributed by atoms with Crippen molar-refractivity contribution in [1.82, 2.24) is 5.32 Å². The van der Waals surface area contributed by atoms with Gasteiger partial charge in [0.15, 0.2) is 0 Å². The van der Waals surface area contributed by atoms with Gasteiger partial charge in [0.2, 0.25) is 0 Å². The second-order valence-electron chi connectivity index (χ2n) is 5.51. The fraction of sp³-hybridized carbons (Fsp3) is 1.00. The molecule has 2 nitrogen and oxygen atoms in total. The molecule has 1 rings (SSSR count). The number of thioether (sulfide) groups is 1. The van der Waals surface area contributed by atoms with Crippen LogP contribution in [-0.2, 0) is 0 Å². The summed E-state index contributed by atoms with van der Waals surface area (Å²) >= 11 is 2.05. The lowest BCUT2D eigenvalue weighted by atomic mass is 9.84. The Balaban J connectivity index is 2.42. The van der Waals surface area contributed by atoms with E-state index in [0.29, 0.717) is 12.1 Å². The molecule has 2 atom stereocenters. The fourth-order valence-corrected chi connectivity index (χ4v) is 3.14. The molecule has 1 heterocycles. The minimum Gasteiger partial charge on any atom is -0.396 e. The van der Waals surface area contributed by atoms with Crippen LogP contribution in [0.4, 0.5) is 0 Å². The molecule has 90 valence electrons. The van der Waals surface area contributed by atoms with Crippen LogP contribution in [0.3, 0.4) is 0 Å². The molecule has 0 saturated carbocycles. The van der Waals surface area contributed by atoms with E-state index >= 15 is 0 Å². The Bertz CT molecular complexity index is 173. The summed E-state index contributed by atoms with van der Waals surface area (Å²) in [6, 6.07) is 1.09. The van der Waals surface area contributed by atoms with Crippen molar-refractivity contribution < 1.29 is 5.11 Å². The maximum atomic E-state index is 9.08. The van der Waals surface area contributed by atoms with Gasteiger partial charge >= 0.3 is 0 Å². The van der Waals surface area contributed by atoms with Crippen LogP contribution in [0.1, 0.15) is 40.0 Å². The van der Waals surface area contributed by atoms with Crippen LogP contribution in [0, 0.1) is 5.41 Å². The second kappa shape index (κ2) is 6.12. The molecule has 0 aromatic heterocycles. The highest BCUT2D eigenvalue weighted by Gasteiger charge is 2.26. The second-order valence-corrected chi connectivity index (χ2v) is 6.66. The fourth-order valence-electron chi connectivity index (χ4n) is 2.05. The topological polar surface area (TPSA) is 32.3 Å². The molecule has 15 heavy (non-hydrogen) atoms. The third kappa shape index (κ3) is 4.75. The zero-order valence-electron chi connectivity index (χ0n) is 10.3. The van der Waals surface area contributed by atoms with Crippen LogP contribution in [0.5, 0.6) is 0 Å². The molecule has 2 unspecified atom stereocenters. The normalized spacial score (nSPS) is 25.2. The highest BCUT2D eigenvalue weighted by Crippen LogP contribution is 2.25. The summed E-state index contributed by atoms with van der Waals surface area (Å²) in [5.41, 5.74) is 0.241. The van der Waals surface area contributed by atoms with Crippen molar-refractivity contribution in [2.75, 3.05) is 18.1 Å². The lowest BCUT2D eigenvalue weighted by Crippen LogP contribution is -2.48. The van der Waals surface area contributed by atoms with Gasteiger partial charge in [0.25, 0.3) is 0 Å². The molecule has 0 amide bonds. The first-order valence-electron chi connectivity index (χ1n) is 5.98. The monoisotopic (exact) mass is 231 g/mol. The highest BCUT2D eigenvalue weighted by atomic mass is 32.2. The minimum atomic E-state index is 0.241. The van der Waals surface area contributed by atoms with Gasteiger partial charge in [0.1, 0.15) is 0 Å². The van der Waals surface area contributed by atoms with Crippen molar-refractivity contribution in [2.45, 2.75) is 52.1 Å². The maximum absolute atomic E-state index is 9.08. The van der Waals surface area contributed by atoms with Crippen molar-refractivity contribution in [2.24, 2.45) is 5.41 Å². The molecule has 0 bridgehead atoms. The number of aliphatic hydroxyl groups excluding tert-OH is 1. The molecule has 1 aliphatic rings. The Morgan fingerprint density at radius 1 is 1.47 bits per heavy atom. The zero-order chi connectivity index (χ0) is 11.3. The smallest absolute Gasteiger partial charge is 0.0446 e. The lowest BCUT2D eigenvalue weighted by molar-refractivity contribution is 0.186. The molecule has 0 aromatic carbocycles. The van der Waals surface area contributed by atoms with E-state index in [0.717, 1.165) is 6.42 Å². The van der Waals surface area contributed by atoms with Gasteiger partial charge in [-0.25, -0.2) is 0 Å². The van der Waals surface area contributed by atoms with Crippen molar-refractivity contribution >= 4 is 11.8 Å². The van der Waals surface area contributed by atoms with Crippen molar-refractivity contribution in [3.8, 4) is 0 Å². The molecule has 0 radical (unpaired) electrons. The number of aliphatic hydroxyl groups is 1. The first-order valence-corrected chi connectivity index (χ1v) is 7.14. The largest absolute Gasteiger partial charge is 0.396 e. The first kappa shape index (κ1) is 13.3. The van der Waals surface area contributed by atoms with Crippen LogP contribution in [-0.4, -0.2) is 35.3 Å². The van der Waals surface area contributed by atoms with Gasteiger partial charge in [0.05, 0.1) is 0 Å². The highest BCUT2D eigenvalue weighted by molar-refractivity contribution is 7.99. The van der Waals surface area contributed by atoms with Gasteiger partial charge in [-0.05, 0) is 30.4 Å². The van der Waals surface area contributed by atoms with Gasteiger partial charge in [-0.1, -0.05) is 20.8 Å². The molecular weight excluding hydrogens is 206 g/mol. The van der Waals surface area contributed by atoms with E-state index in [1.54, 1.807) is 0 Å². The SMILES string of the molecule is CC(C)(C)C(CCO)NC1CCCSC1. The minimum absolute atomic E-state index is 0.241. The number of nitrogens with one attached hydrogen (secondary N) is 1. The predicted molar refractivity (Wildman–Crippen MR) is 68.4 cm³/mol. The maximum Gasteiger partial charge on any atom is 0.0446 e. The van der Waals surface area contributed by atoms with Gasteiger partial charge < -0.3 is 10.4 Å². The summed E-state index contributed by atoms with van der Waals surface area (Å²) < 4.78 is 0. The summed E-state index contributed by atoms with van der Waals surface area (Å²) in [6.07, 6.45) is 3.49. The summed E-state index contributed by atoms with van der Waals surface area (Å²) in [5.74, 6) is 2.55. The van der Waals surface area contributed by atoms with Gasteiger partial charge in [-0.3, -0.25) is 0 Å². The van der Waals surface area contributed by atoms with Crippen molar-refractivity contribution in [3.05, 3.63) is 0 Å². The van der Waals surface area contributed by atoms with Crippen LogP contribution in [0.2, 0.25) is 0 Å². The number of rotatable bonds is 4. The van der Waals surface area contributed by atoms with Gasteiger partial charge in [-0.15, -0.1) is 0 Å². The molecule has 0 aliphatic carbocycles. The van der Waals surface area contributed by atoms with Crippen LogP contribution in [0.25, 0.3) is 0 Å². The van der Waals surface area contributed by atoms with E-state index in [1.807, 2.05) is 11.8 Å². The first-order chi connectivity index (χ1) is 7.04. The summed E-state index contributed by atoms with van der Waals surface area (Å²) in [5, 5.41) is 12.8. The van der Waals surface area contributed by atoms with Gasteiger partial charge in [-0.2, -0.15) is 11.8 Å². The quantitative estimate of drug-likeness (QED) is 0.778. The van der Waals surface area contributed by atoms with Gasteiger partial charge in [0, 0.05) is 24.4 Å². The zero-order valence-corrected chi connectivity index (χ0v) is 11.1. The predicted octanol–water partition coefficient (Wildman–Crippen LogP) is 2.27. The Kier molecular flexibility index (Phi) is 5.44. The summed E-state index contributed by atoms with van der Waals surface area (Å²) in [7, 11) is 0. The molecule has 0 aromatic rings. The molecule has 1 fully saturated rings. The average Bonchev–Trinajstić information content (AvgIpc) is 2.17. The number of hydrogen-bond acceptors (Lipinski definition) is 3. The van der Waals surface area contributed by atoms with Crippen LogP contribution in [0.15, 0.2) is 0 Å². The van der Waals surface area contributed by atoms with Crippen LogP contribution >= 0.6 is 11.8 Å². The Labute approximate surface area is 98.2 Å². The molecular formula is C12H25NOS. The molecule has 1 saturated heterocycles.